The first-order chi connectivity index (χ1) is 10.7. The van der Waals surface area contributed by atoms with Crippen molar-refractivity contribution in [1.82, 2.24) is 4.72 Å². The predicted octanol–water partition coefficient (Wildman–Crippen LogP) is 3.51. The second-order valence-corrected chi connectivity index (χ2v) is 6.64. The Kier molecular flexibility index (Phi) is 4.83. The highest BCUT2D eigenvalue weighted by Crippen LogP contribution is 2.40. The molecule has 3 rings (SSSR count). The lowest BCUT2D eigenvalue weighted by atomic mass is 10.1. The Bertz CT molecular complexity index is 600. The summed E-state index contributed by atoms with van der Waals surface area (Å²) in [6.45, 7) is 0. The molecule has 116 valence electrons. The van der Waals surface area contributed by atoms with Gasteiger partial charge >= 0.3 is 0 Å². The summed E-state index contributed by atoms with van der Waals surface area (Å²) in [5.74, 6) is 0.605. The molecule has 0 radical (unpaired) electrons. The van der Waals surface area contributed by atoms with Gasteiger partial charge in [0.2, 0.25) is 11.8 Å². The molecule has 1 aliphatic heterocycles. The fourth-order valence-corrected chi connectivity index (χ4v) is 3.34. The molecular formula is C17H20N2O2S. The van der Waals surface area contributed by atoms with E-state index >= 15 is 0 Å². The summed E-state index contributed by atoms with van der Waals surface area (Å²) in [6, 6.07) is 7.56. The zero-order valence-electron chi connectivity index (χ0n) is 12.4. The zero-order valence-corrected chi connectivity index (χ0v) is 13.2. The number of hydrogen-bond donors (Lipinski definition) is 2. The molecule has 1 aromatic rings. The Labute approximate surface area is 134 Å². The molecule has 0 bridgehead atoms. The van der Waals surface area contributed by atoms with E-state index in [-0.39, 0.29) is 17.7 Å². The largest absolute Gasteiger partial charge is 0.325 e. The Morgan fingerprint density at radius 3 is 2.91 bits per heavy atom. The smallest absolute Gasteiger partial charge is 0.233 e. The molecular weight excluding hydrogens is 296 g/mol. The fourth-order valence-electron chi connectivity index (χ4n) is 2.60. The molecule has 2 aliphatic rings. The van der Waals surface area contributed by atoms with Gasteiger partial charge < -0.3 is 5.32 Å². The highest BCUT2D eigenvalue weighted by Gasteiger charge is 2.41. The molecule has 22 heavy (non-hydrogen) atoms. The van der Waals surface area contributed by atoms with E-state index < -0.39 is 0 Å². The van der Waals surface area contributed by atoms with Crippen molar-refractivity contribution < 1.29 is 9.59 Å². The van der Waals surface area contributed by atoms with E-state index in [1.807, 2.05) is 24.3 Å². The fraction of sp³-hybridized carbons (Fsp3) is 0.412. The quantitative estimate of drug-likeness (QED) is 0.569. The van der Waals surface area contributed by atoms with Crippen molar-refractivity contribution in [1.29, 1.82) is 0 Å². The van der Waals surface area contributed by atoms with Gasteiger partial charge in [-0.05, 0) is 55.7 Å². The molecule has 1 aromatic carbocycles. The summed E-state index contributed by atoms with van der Waals surface area (Å²) in [5.41, 5.74) is 0.762. The van der Waals surface area contributed by atoms with Crippen LogP contribution in [-0.4, -0.2) is 11.8 Å². The summed E-state index contributed by atoms with van der Waals surface area (Å²) in [4.78, 5) is 25.0. The van der Waals surface area contributed by atoms with E-state index in [4.69, 9.17) is 0 Å². The van der Waals surface area contributed by atoms with E-state index in [9.17, 15) is 9.59 Å². The van der Waals surface area contributed by atoms with Crippen molar-refractivity contribution in [2.45, 2.75) is 37.0 Å². The maximum absolute atomic E-state index is 12.1. The van der Waals surface area contributed by atoms with Crippen molar-refractivity contribution in [2.24, 2.45) is 11.8 Å². The number of rotatable bonds is 0. The standard InChI is InChI=1S/C17H20N2O2S/c20-16-10-4-2-1-3-7-12-11-13(12)17(21)19-22-15-9-6-5-8-14(15)18-16/h3,5-9,12-13H,1-2,4,10-11H2,(H,18,20)(H,19,21)/b7-3-/t12-,13+/m1/s1. The van der Waals surface area contributed by atoms with Gasteiger partial charge in [-0.2, -0.15) is 0 Å². The summed E-state index contributed by atoms with van der Waals surface area (Å²) >= 11 is 1.28. The first kappa shape index (κ1) is 15.2. The Balaban J connectivity index is 1.73. The minimum Gasteiger partial charge on any atom is -0.325 e. The number of amides is 2. The molecule has 2 N–H and O–H groups in total. The van der Waals surface area contributed by atoms with Crippen LogP contribution in [-0.2, 0) is 9.59 Å². The van der Waals surface area contributed by atoms with Crippen LogP contribution in [0.2, 0.25) is 0 Å². The molecule has 2 amide bonds. The molecule has 2 atom stereocenters. The number of benzene rings is 1. The summed E-state index contributed by atoms with van der Waals surface area (Å²) in [7, 11) is 0. The van der Waals surface area contributed by atoms with E-state index in [2.05, 4.69) is 22.2 Å². The summed E-state index contributed by atoms with van der Waals surface area (Å²) in [5, 5.41) is 2.94. The number of fused-ring (bicyclic) bond motifs is 2. The van der Waals surface area contributed by atoms with Gasteiger partial charge in [-0.3, -0.25) is 14.3 Å². The van der Waals surface area contributed by atoms with Crippen LogP contribution in [0.5, 0.6) is 0 Å². The van der Waals surface area contributed by atoms with E-state index in [0.717, 1.165) is 36.3 Å². The van der Waals surface area contributed by atoms with Crippen molar-refractivity contribution in [3.8, 4) is 0 Å². The highest BCUT2D eigenvalue weighted by molar-refractivity contribution is 7.98. The van der Waals surface area contributed by atoms with Gasteiger partial charge in [-0.15, -0.1) is 0 Å². The van der Waals surface area contributed by atoms with Crippen LogP contribution in [0.4, 0.5) is 5.69 Å². The van der Waals surface area contributed by atoms with Crippen LogP contribution in [0.15, 0.2) is 41.3 Å². The monoisotopic (exact) mass is 316 g/mol. The second kappa shape index (κ2) is 7.01. The minimum atomic E-state index is 0.0288. The van der Waals surface area contributed by atoms with Crippen LogP contribution in [0.1, 0.15) is 32.1 Å². The van der Waals surface area contributed by atoms with E-state index in [0.29, 0.717) is 12.3 Å². The predicted molar refractivity (Wildman–Crippen MR) is 88.3 cm³/mol. The van der Waals surface area contributed by atoms with Crippen molar-refractivity contribution in [3.63, 3.8) is 0 Å². The van der Waals surface area contributed by atoms with Gasteiger partial charge in [-0.25, -0.2) is 0 Å². The average molecular weight is 316 g/mol. The summed E-state index contributed by atoms with van der Waals surface area (Å²) < 4.78 is 2.91. The van der Waals surface area contributed by atoms with Gasteiger partial charge in [0.25, 0.3) is 0 Å². The van der Waals surface area contributed by atoms with Crippen LogP contribution in [0.25, 0.3) is 0 Å². The number of para-hydroxylation sites is 1. The van der Waals surface area contributed by atoms with Gasteiger partial charge in [0.1, 0.15) is 0 Å². The van der Waals surface area contributed by atoms with E-state index in [1.54, 1.807) is 0 Å². The SMILES string of the molecule is O=C1CCCC/C=C\[C@@H]2C[C@@H]2C(=O)NSc2ccccc2N1. The van der Waals surface area contributed by atoms with Crippen LogP contribution in [0.3, 0.4) is 0 Å². The maximum atomic E-state index is 12.1. The minimum absolute atomic E-state index is 0.0288. The van der Waals surface area contributed by atoms with E-state index in [1.165, 1.54) is 11.9 Å². The van der Waals surface area contributed by atoms with Crippen molar-refractivity contribution >= 4 is 29.4 Å². The van der Waals surface area contributed by atoms with Crippen molar-refractivity contribution in [2.75, 3.05) is 5.32 Å². The molecule has 5 heteroatoms. The summed E-state index contributed by atoms with van der Waals surface area (Å²) in [6.07, 6.45) is 8.65. The number of allylic oxidation sites excluding steroid dienone is 2. The number of carbonyl (C=O) groups is 2. The van der Waals surface area contributed by atoms with Gasteiger partial charge in [0.15, 0.2) is 0 Å². The molecule has 0 aromatic heterocycles. The highest BCUT2D eigenvalue weighted by atomic mass is 32.2. The second-order valence-electron chi connectivity index (χ2n) is 5.79. The number of hydrogen-bond acceptors (Lipinski definition) is 3. The third kappa shape index (κ3) is 3.91. The number of carbonyl (C=O) groups excluding carboxylic acids is 2. The lowest BCUT2D eigenvalue weighted by molar-refractivity contribution is -0.120. The molecule has 4 nitrogen and oxygen atoms in total. The first-order valence-corrected chi connectivity index (χ1v) is 8.58. The van der Waals surface area contributed by atoms with Gasteiger partial charge in [0, 0.05) is 12.3 Å². The lowest BCUT2D eigenvalue weighted by Gasteiger charge is -2.11. The Morgan fingerprint density at radius 1 is 1.14 bits per heavy atom. The molecule has 1 heterocycles. The third-order valence-corrected chi connectivity index (χ3v) is 4.89. The molecule has 0 saturated heterocycles. The zero-order chi connectivity index (χ0) is 15.4. The molecule has 1 saturated carbocycles. The number of anilines is 1. The number of nitrogens with one attached hydrogen (secondary N) is 2. The maximum Gasteiger partial charge on any atom is 0.233 e. The molecule has 1 fully saturated rings. The van der Waals surface area contributed by atoms with Crippen molar-refractivity contribution in [3.05, 3.63) is 36.4 Å². The van der Waals surface area contributed by atoms with Crippen LogP contribution >= 0.6 is 11.9 Å². The Hall–Kier alpha value is -1.75. The normalized spacial score (nSPS) is 27.3. The molecule has 0 spiro atoms. The van der Waals surface area contributed by atoms with Gasteiger partial charge in [0.05, 0.1) is 10.6 Å². The molecule has 1 aliphatic carbocycles. The average Bonchev–Trinajstić information content (AvgIpc) is 3.28. The van der Waals surface area contributed by atoms with Crippen LogP contribution < -0.4 is 10.0 Å². The van der Waals surface area contributed by atoms with Crippen LogP contribution in [0, 0.1) is 11.8 Å². The molecule has 0 unspecified atom stereocenters. The van der Waals surface area contributed by atoms with Gasteiger partial charge in [-0.1, -0.05) is 24.3 Å². The first-order valence-electron chi connectivity index (χ1n) is 7.76. The Morgan fingerprint density at radius 2 is 2.00 bits per heavy atom. The third-order valence-electron chi connectivity index (χ3n) is 4.01. The topological polar surface area (TPSA) is 58.2 Å². The lowest BCUT2D eigenvalue weighted by Crippen LogP contribution is -2.19.